The lowest BCUT2D eigenvalue weighted by atomic mass is 10.1. The Bertz CT molecular complexity index is 1860. The molecule has 5 nitrogen and oxygen atoms in total. The summed E-state index contributed by atoms with van der Waals surface area (Å²) in [7, 11) is 0.542. The van der Waals surface area contributed by atoms with Gasteiger partial charge < -0.3 is 14.2 Å². The summed E-state index contributed by atoms with van der Waals surface area (Å²) in [6.45, 7) is 13.0. The van der Waals surface area contributed by atoms with Gasteiger partial charge in [0.05, 0.1) is 34.2 Å². The van der Waals surface area contributed by atoms with Gasteiger partial charge in [-0.15, -0.1) is 0 Å². The Morgan fingerprint density at radius 3 is 1.22 bits per heavy atom. The van der Waals surface area contributed by atoms with Crippen LogP contribution in [0.15, 0.2) is 134 Å². The SMILES string of the molecule is Cc1cccc([Si]C(C)(OC(C)([Si]c2cccc(C)c2C)c2ccc(Oc3ccccc3)cn2)c2ccc(Oc3ccccc3)cn2)c1C. The van der Waals surface area contributed by atoms with Crippen LogP contribution in [0.4, 0.5) is 0 Å². The predicted octanol–water partition coefficient (Wildman–Crippen LogP) is 8.42. The molecule has 2 unspecified atom stereocenters. The van der Waals surface area contributed by atoms with E-state index in [-0.39, 0.29) is 19.0 Å². The minimum atomic E-state index is -0.801. The van der Waals surface area contributed by atoms with Crippen LogP contribution >= 0.6 is 0 Å². The van der Waals surface area contributed by atoms with E-state index in [9.17, 15) is 0 Å². The number of aryl methyl sites for hydroxylation is 2. The molecule has 6 rings (SSSR count). The smallest absolute Gasteiger partial charge is 0.145 e. The molecule has 0 spiro atoms. The molecule has 0 aliphatic heterocycles. The molecule has 0 aliphatic carbocycles. The average molecular weight is 677 g/mol. The third kappa shape index (κ3) is 8.08. The molecule has 0 bridgehead atoms. The second-order valence-corrected chi connectivity index (χ2v) is 16.0. The quantitative estimate of drug-likeness (QED) is 0.122. The van der Waals surface area contributed by atoms with E-state index < -0.39 is 10.4 Å². The molecule has 0 N–H and O–H groups in total. The van der Waals surface area contributed by atoms with Crippen LogP contribution in [0.5, 0.6) is 23.0 Å². The number of hydrogen-bond donors (Lipinski definition) is 0. The highest BCUT2D eigenvalue weighted by molar-refractivity contribution is 6.58. The summed E-state index contributed by atoms with van der Waals surface area (Å²) in [6.07, 6.45) is 3.58. The molecule has 0 amide bonds. The second kappa shape index (κ2) is 14.7. The molecule has 49 heavy (non-hydrogen) atoms. The van der Waals surface area contributed by atoms with Crippen molar-refractivity contribution in [2.24, 2.45) is 0 Å². The fraction of sp³-hybridized carbons (Fsp3) is 0.190. The van der Waals surface area contributed by atoms with Crippen LogP contribution in [0, 0.1) is 27.7 Å². The Balaban J connectivity index is 1.41. The molecule has 0 fully saturated rings. The lowest BCUT2D eigenvalue weighted by Crippen LogP contribution is -2.51. The molecule has 4 radical (unpaired) electrons. The normalized spacial score (nSPS) is 13.7. The van der Waals surface area contributed by atoms with Gasteiger partial charge in [0.1, 0.15) is 42.0 Å². The minimum absolute atomic E-state index is 0.271. The van der Waals surface area contributed by atoms with Crippen LogP contribution in [0.1, 0.15) is 47.5 Å². The molecule has 244 valence electrons. The monoisotopic (exact) mass is 676 g/mol. The zero-order valence-electron chi connectivity index (χ0n) is 28.8. The van der Waals surface area contributed by atoms with Gasteiger partial charge in [-0.25, -0.2) is 0 Å². The molecule has 7 heteroatoms. The summed E-state index contributed by atoms with van der Waals surface area (Å²) in [5.74, 6) is 2.87. The van der Waals surface area contributed by atoms with E-state index in [4.69, 9.17) is 24.2 Å². The third-order valence-electron chi connectivity index (χ3n) is 8.77. The first-order valence-corrected chi connectivity index (χ1v) is 18.4. The summed E-state index contributed by atoms with van der Waals surface area (Å²) in [6, 6.07) is 40.5. The maximum Gasteiger partial charge on any atom is 0.145 e. The maximum atomic E-state index is 7.53. The molecule has 6 aromatic rings. The van der Waals surface area contributed by atoms with Crippen molar-refractivity contribution in [1.29, 1.82) is 0 Å². The van der Waals surface area contributed by atoms with Gasteiger partial charge in [0.25, 0.3) is 0 Å². The zero-order chi connectivity index (χ0) is 34.4. The van der Waals surface area contributed by atoms with E-state index in [1.807, 2.05) is 84.9 Å². The van der Waals surface area contributed by atoms with E-state index >= 15 is 0 Å². The molecule has 2 heterocycles. The van der Waals surface area contributed by atoms with Gasteiger partial charge in [0, 0.05) is 0 Å². The molecule has 0 saturated carbocycles. The fourth-order valence-electron chi connectivity index (χ4n) is 5.67. The average Bonchev–Trinajstić information content (AvgIpc) is 3.10. The van der Waals surface area contributed by atoms with Crippen molar-refractivity contribution in [3.63, 3.8) is 0 Å². The van der Waals surface area contributed by atoms with E-state index in [0.717, 1.165) is 22.9 Å². The van der Waals surface area contributed by atoms with Gasteiger partial charge in [-0.3, -0.25) is 9.97 Å². The topological polar surface area (TPSA) is 53.5 Å². The first-order chi connectivity index (χ1) is 23.6. The van der Waals surface area contributed by atoms with Crippen molar-refractivity contribution in [2.75, 3.05) is 0 Å². The van der Waals surface area contributed by atoms with Crippen molar-refractivity contribution in [3.05, 3.63) is 167 Å². The van der Waals surface area contributed by atoms with Crippen molar-refractivity contribution >= 4 is 29.4 Å². The van der Waals surface area contributed by atoms with Crippen LogP contribution in [0.2, 0.25) is 0 Å². The highest BCUT2D eigenvalue weighted by atomic mass is 28.2. The van der Waals surface area contributed by atoms with Crippen molar-refractivity contribution in [2.45, 2.75) is 52.0 Å². The first-order valence-electron chi connectivity index (χ1n) is 16.4. The van der Waals surface area contributed by atoms with Gasteiger partial charge in [-0.05, 0) is 112 Å². The largest absolute Gasteiger partial charge is 0.456 e. The van der Waals surface area contributed by atoms with E-state index in [1.165, 1.54) is 32.6 Å². The Kier molecular flexibility index (Phi) is 10.2. The lowest BCUT2D eigenvalue weighted by Gasteiger charge is -2.40. The molecule has 2 aromatic heterocycles. The van der Waals surface area contributed by atoms with E-state index in [1.54, 1.807) is 12.4 Å². The van der Waals surface area contributed by atoms with Crippen LogP contribution in [-0.4, -0.2) is 29.0 Å². The van der Waals surface area contributed by atoms with E-state index in [2.05, 4.69) is 77.9 Å². The fourth-order valence-corrected chi connectivity index (χ4v) is 8.99. The minimum Gasteiger partial charge on any atom is -0.456 e. The molecule has 0 saturated heterocycles. The number of pyridine rings is 2. The number of rotatable bonds is 12. The van der Waals surface area contributed by atoms with Crippen molar-refractivity contribution in [3.8, 4) is 23.0 Å². The number of para-hydroxylation sites is 2. The summed E-state index contributed by atoms with van der Waals surface area (Å²) in [5.41, 5.74) is 6.68. The van der Waals surface area contributed by atoms with Crippen LogP contribution < -0.4 is 19.8 Å². The summed E-state index contributed by atoms with van der Waals surface area (Å²) in [5, 5.41) is 0.880. The molecule has 2 atom stereocenters. The highest BCUT2D eigenvalue weighted by Crippen LogP contribution is 2.36. The Morgan fingerprint density at radius 1 is 0.449 bits per heavy atom. The molecular formula is C42H40N2O3Si2. The molecule has 4 aromatic carbocycles. The zero-order valence-corrected chi connectivity index (χ0v) is 30.8. The van der Waals surface area contributed by atoms with Crippen molar-refractivity contribution < 1.29 is 14.2 Å². The molecule has 0 aliphatic rings. The van der Waals surface area contributed by atoms with Gasteiger partial charge in [0.15, 0.2) is 0 Å². The number of benzene rings is 4. The van der Waals surface area contributed by atoms with Crippen LogP contribution in [0.25, 0.3) is 0 Å². The van der Waals surface area contributed by atoms with Gasteiger partial charge in [-0.1, -0.05) is 83.2 Å². The number of ether oxygens (including phenoxy) is 3. The summed E-state index contributed by atoms with van der Waals surface area (Å²) >= 11 is 0. The van der Waals surface area contributed by atoms with Crippen molar-refractivity contribution in [1.82, 2.24) is 9.97 Å². The number of aromatic nitrogens is 2. The summed E-state index contributed by atoms with van der Waals surface area (Å²) < 4.78 is 19.7. The first kappa shape index (κ1) is 34.1. The highest BCUT2D eigenvalue weighted by Gasteiger charge is 2.42. The standard InChI is InChI=1S/C42H40N2O3Si2/c1-29-15-13-21-37(31(29)3)48-41(5,39-25-23-35(27-43-39)45-33-17-9-7-10-18-33)47-42(6,49-38-22-14-16-30(2)32(38)4)40-26-24-36(28-44-40)46-34-19-11-8-12-20-34/h7-28H,1-6H3. The van der Waals surface area contributed by atoms with E-state index in [0.29, 0.717) is 11.5 Å². The van der Waals surface area contributed by atoms with Crippen LogP contribution in [-0.2, 0) is 15.2 Å². The maximum absolute atomic E-state index is 7.53. The molecular weight excluding hydrogens is 637 g/mol. The number of hydrogen-bond acceptors (Lipinski definition) is 5. The Morgan fingerprint density at radius 2 is 0.857 bits per heavy atom. The number of nitrogens with zero attached hydrogens (tertiary/aromatic N) is 2. The van der Waals surface area contributed by atoms with Gasteiger partial charge in [-0.2, -0.15) is 0 Å². The summed E-state index contributed by atoms with van der Waals surface area (Å²) in [4.78, 5) is 9.98. The lowest BCUT2D eigenvalue weighted by molar-refractivity contribution is -0.0628. The Hall–Kier alpha value is -4.83. The van der Waals surface area contributed by atoms with Crippen LogP contribution in [0.3, 0.4) is 0 Å². The second-order valence-electron chi connectivity index (χ2n) is 12.5. The third-order valence-corrected chi connectivity index (χ3v) is 12.1. The van der Waals surface area contributed by atoms with Gasteiger partial charge >= 0.3 is 0 Å². The van der Waals surface area contributed by atoms with Gasteiger partial charge in [0.2, 0.25) is 0 Å². The predicted molar refractivity (Wildman–Crippen MR) is 200 cm³/mol. The Labute approximate surface area is 295 Å².